The molecule has 0 saturated heterocycles. The predicted octanol–water partition coefficient (Wildman–Crippen LogP) is 1.80. The summed E-state index contributed by atoms with van der Waals surface area (Å²) in [6, 6.07) is 1.70. The normalized spacial score (nSPS) is 12.5. The van der Waals surface area contributed by atoms with Gasteiger partial charge in [0.2, 0.25) is 0 Å². The third kappa shape index (κ3) is 3.92. The van der Waals surface area contributed by atoms with Gasteiger partial charge in [0, 0.05) is 39.0 Å². The summed E-state index contributed by atoms with van der Waals surface area (Å²) in [6.07, 6.45) is 1.67. The Morgan fingerprint density at radius 1 is 1.56 bits per heavy atom. The van der Waals surface area contributed by atoms with E-state index in [-0.39, 0.29) is 11.9 Å². The van der Waals surface area contributed by atoms with Gasteiger partial charge in [-0.25, -0.2) is 9.37 Å². The maximum Gasteiger partial charge on any atom is 0.170 e. The molecule has 0 fully saturated rings. The van der Waals surface area contributed by atoms with Gasteiger partial charge in [0.15, 0.2) is 11.6 Å². The number of ether oxygens (including phenoxy) is 1. The Balaban J connectivity index is 2.81. The van der Waals surface area contributed by atoms with Crippen LogP contribution >= 0.6 is 0 Å². The summed E-state index contributed by atoms with van der Waals surface area (Å²) in [6.45, 7) is 5.87. The second-order valence-corrected chi connectivity index (χ2v) is 4.31. The van der Waals surface area contributed by atoms with Crippen molar-refractivity contribution in [3.05, 3.63) is 23.6 Å². The van der Waals surface area contributed by atoms with Gasteiger partial charge in [0.05, 0.1) is 6.10 Å². The van der Waals surface area contributed by atoms with E-state index in [1.807, 2.05) is 20.9 Å². The lowest BCUT2D eigenvalue weighted by atomic mass is 10.2. The van der Waals surface area contributed by atoms with Gasteiger partial charge in [0.25, 0.3) is 0 Å². The quantitative estimate of drug-likeness (QED) is 0.806. The van der Waals surface area contributed by atoms with E-state index in [2.05, 4.69) is 10.3 Å². The highest BCUT2D eigenvalue weighted by Gasteiger charge is 2.14. The average Bonchev–Trinajstić information content (AvgIpc) is 2.37. The molecule has 0 amide bonds. The molecule has 1 N–H and O–H groups in total. The van der Waals surface area contributed by atoms with Crippen molar-refractivity contribution in [3.63, 3.8) is 0 Å². The highest BCUT2D eigenvalue weighted by molar-refractivity contribution is 5.42. The summed E-state index contributed by atoms with van der Waals surface area (Å²) in [7, 11) is 3.46. The van der Waals surface area contributed by atoms with Gasteiger partial charge in [-0.2, -0.15) is 0 Å². The van der Waals surface area contributed by atoms with Crippen LogP contribution in [0.5, 0.6) is 0 Å². The minimum absolute atomic E-state index is 0.0358. The van der Waals surface area contributed by atoms with Crippen molar-refractivity contribution < 1.29 is 9.13 Å². The Morgan fingerprint density at radius 3 is 2.89 bits per heavy atom. The summed E-state index contributed by atoms with van der Waals surface area (Å²) >= 11 is 0. The van der Waals surface area contributed by atoms with Crippen LogP contribution in [0.15, 0.2) is 12.3 Å². The van der Waals surface area contributed by atoms with Crippen LogP contribution in [0, 0.1) is 5.82 Å². The van der Waals surface area contributed by atoms with E-state index in [4.69, 9.17) is 4.74 Å². The number of halogens is 1. The molecule has 0 bridgehead atoms. The number of rotatable bonds is 7. The molecule has 1 unspecified atom stereocenters. The molecule has 4 nitrogen and oxygen atoms in total. The molecule has 1 aromatic heterocycles. The molecule has 18 heavy (non-hydrogen) atoms. The minimum Gasteiger partial charge on any atom is -0.380 e. The molecule has 0 saturated carbocycles. The first-order chi connectivity index (χ1) is 8.60. The lowest BCUT2D eigenvalue weighted by molar-refractivity contribution is 0.124. The number of nitrogens with zero attached hydrogens (tertiary/aromatic N) is 2. The Morgan fingerprint density at radius 2 is 2.28 bits per heavy atom. The van der Waals surface area contributed by atoms with E-state index in [1.165, 1.54) is 0 Å². The largest absolute Gasteiger partial charge is 0.380 e. The van der Waals surface area contributed by atoms with E-state index in [0.29, 0.717) is 24.5 Å². The SMILES string of the molecule is CCNCc1ccnc(N(C)CC(C)OC)c1F. The Hall–Kier alpha value is -1.20. The molecule has 102 valence electrons. The van der Waals surface area contributed by atoms with E-state index in [0.717, 1.165) is 6.54 Å². The van der Waals surface area contributed by atoms with Crippen LogP contribution < -0.4 is 10.2 Å². The summed E-state index contributed by atoms with van der Waals surface area (Å²) in [4.78, 5) is 5.88. The molecular weight excluding hydrogens is 233 g/mol. The van der Waals surface area contributed by atoms with Crippen LogP contribution in [0.1, 0.15) is 19.4 Å². The monoisotopic (exact) mass is 255 g/mol. The van der Waals surface area contributed by atoms with Gasteiger partial charge in [-0.3, -0.25) is 0 Å². The number of pyridine rings is 1. The van der Waals surface area contributed by atoms with Gasteiger partial charge in [-0.05, 0) is 19.5 Å². The second-order valence-electron chi connectivity index (χ2n) is 4.31. The lowest BCUT2D eigenvalue weighted by Gasteiger charge is -2.22. The van der Waals surface area contributed by atoms with Crippen molar-refractivity contribution in [3.8, 4) is 0 Å². The molecule has 0 aliphatic heterocycles. The summed E-state index contributed by atoms with van der Waals surface area (Å²) in [5.41, 5.74) is 0.638. The highest BCUT2D eigenvalue weighted by atomic mass is 19.1. The molecule has 1 aromatic rings. The Bertz CT molecular complexity index is 373. The van der Waals surface area contributed by atoms with Gasteiger partial charge in [-0.1, -0.05) is 6.92 Å². The van der Waals surface area contributed by atoms with E-state index in [1.54, 1.807) is 24.3 Å². The van der Waals surface area contributed by atoms with Gasteiger partial charge in [-0.15, -0.1) is 0 Å². The minimum atomic E-state index is -0.260. The third-order valence-corrected chi connectivity index (χ3v) is 2.81. The molecule has 0 spiro atoms. The molecule has 0 radical (unpaired) electrons. The second kappa shape index (κ2) is 7.28. The fourth-order valence-electron chi connectivity index (χ4n) is 1.68. The smallest absolute Gasteiger partial charge is 0.170 e. The molecule has 0 aliphatic rings. The Labute approximate surface area is 108 Å². The van der Waals surface area contributed by atoms with Crippen molar-refractivity contribution >= 4 is 5.82 Å². The molecule has 0 aromatic carbocycles. The maximum absolute atomic E-state index is 14.2. The summed E-state index contributed by atoms with van der Waals surface area (Å²) < 4.78 is 19.4. The standard InChI is InChI=1S/C13H22FN3O/c1-5-15-8-11-6-7-16-13(12(11)14)17(3)9-10(2)18-4/h6-7,10,15H,5,8-9H2,1-4H3. The summed E-state index contributed by atoms with van der Waals surface area (Å²) in [5.74, 6) is 0.110. The topological polar surface area (TPSA) is 37.4 Å². The fraction of sp³-hybridized carbons (Fsp3) is 0.615. The van der Waals surface area contributed by atoms with E-state index in [9.17, 15) is 4.39 Å². The number of hydrogen-bond donors (Lipinski definition) is 1. The van der Waals surface area contributed by atoms with E-state index < -0.39 is 0 Å². The first-order valence-electron chi connectivity index (χ1n) is 6.18. The van der Waals surface area contributed by atoms with Crippen LogP contribution in [0.4, 0.5) is 10.2 Å². The van der Waals surface area contributed by atoms with Crippen molar-refractivity contribution in [2.24, 2.45) is 0 Å². The zero-order valence-corrected chi connectivity index (χ0v) is 11.5. The van der Waals surface area contributed by atoms with E-state index >= 15 is 0 Å². The lowest BCUT2D eigenvalue weighted by Crippen LogP contribution is -2.30. The molecule has 5 heteroatoms. The van der Waals surface area contributed by atoms with Gasteiger partial charge in [0.1, 0.15) is 0 Å². The van der Waals surface area contributed by atoms with Crippen LogP contribution in [-0.2, 0) is 11.3 Å². The van der Waals surface area contributed by atoms with Crippen molar-refractivity contribution in [2.75, 3.05) is 32.1 Å². The van der Waals surface area contributed by atoms with Crippen LogP contribution in [0.2, 0.25) is 0 Å². The first kappa shape index (κ1) is 14.9. The number of aromatic nitrogens is 1. The predicted molar refractivity (Wildman–Crippen MR) is 71.3 cm³/mol. The van der Waals surface area contributed by atoms with Crippen molar-refractivity contribution in [2.45, 2.75) is 26.5 Å². The third-order valence-electron chi connectivity index (χ3n) is 2.81. The van der Waals surface area contributed by atoms with Gasteiger partial charge >= 0.3 is 0 Å². The fourth-order valence-corrected chi connectivity index (χ4v) is 1.68. The first-order valence-corrected chi connectivity index (χ1v) is 6.18. The molecular formula is C13H22FN3O. The van der Waals surface area contributed by atoms with Crippen LogP contribution in [0.25, 0.3) is 0 Å². The van der Waals surface area contributed by atoms with Crippen LogP contribution in [-0.4, -0.2) is 38.3 Å². The van der Waals surface area contributed by atoms with Crippen LogP contribution in [0.3, 0.4) is 0 Å². The maximum atomic E-state index is 14.2. The zero-order valence-electron chi connectivity index (χ0n) is 11.5. The highest BCUT2D eigenvalue weighted by Crippen LogP contribution is 2.18. The molecule has 1 atom stereocenters. The number of hydrogen-bond acceptors (Lipinski definition) is 4. The zero-order chi connectivity index (χ0) is 13.5. The number of likely N-dealkylation sites (N-methyl/N-ethyl adjacent to an activating group) is 1. The number of anilines is 1. The number of methoxy groups -OCH3 is 1. The van der Waals surface area contributed by atoms with Crippen molar-refractivity contribution in [1.82, 2.24) is 10.3 Å². The van der Waals surface area contributed by atoms with Gasteiger partial charge < -0.3 is 15.0 Å². The average molecular weight is 255 g/mol. The molecule has 1 rings (SSSR count). The molecule has 1 heterocycles. The molecule has 0 aliphatic carbocycles. The Kier molecular flexibility index (Phi) is 6.01. The number of nitrogens with one attached hydrogen (secondary N) is 1. The van der Waals surface area contributed by atoms with Crippen molar-refractivity contribution in [1.29, 1.82) is 0 Å². The summed E-state index contributed by atoms with van der Waals surface area (Å²) in [5, 5.41) is 3.11.